The van der Waals surface area contributed by atoms with Gasteiger partial charge in [0.1, 0.15) is 0 Å². The molecule has 1 saturated heterocycles. The molecule has 4 nitrogen and oxygen atoms in total. The van der Waals surface area contributed by atoms with Crippen molar-refractivity contribution < 1.29 is 4.79 Å². The van der Waals surface area contributed by atoms with E-state index >= 15 is 0 Å². The molecule has 1 N–H and O–H groups in total. The Morgan fingerprint density at radius 3 is 2.61 bits per heavy atom. The zero-order chi connectivity index (χ0) is 16.1. The van der Waals surface area contributed by atoms with Gasteiger partial charge in [-0.2, -0.15) is 0 Å². The molecule has 0 radical (unpaired) electrons. The highest BCUT2D eigenvalue weighted by Gasteiger charge is 2.33. The van der Waals surface area contributed by atoms with Crippen molar-refractivity contribution in [2.75, 3.05) is 13.1 Å². The van der Waals surface area contributed by atoms with Crippen molar-refractivity contribution in [3.63, 3.8) is 0 Å². The number of carbonyl (C=O) groups excluding carboxylic acids is 1. The second-order valence-corrected chi connectivity index (χ2v) is 7.40. The van der Waals surface area contributed by atoms with E-state index in [2.05, 4.69) is 21.8 Å². The first-order valence-corrected chi connectivity index (χ1v) is 9.56. The van der Waals surface area contributed by atoms with Crippen LogP contribution in [0, 0.1) is 11.8 Å². The molecule has 23 heavy (non-hydrogen) atoms. The van der Waals surface area contributed by atoms with Gasteiger partial charge in [-0.25, -0.2) is 4.98 Å². The second kappa shape index (κ2) is 7.98. The predicted molar refractivity (Wildman–Crippen MR) is 92.1 cm³/mol. The Kier molecular flexibility index (Phi) is 5.74. The molecule has 1 aromatic rings. The van der Waals surface area contributed by atoms with Crippen LogP contribution in [0.15, 0.2) is 12.5 Å². The Labute approximate surface area is 140 Å². The van der Waals surface area contributed by atoms with Crippen molar-refractivity contribution in [3.8, 4) is 0 Å². The predicted octanol–water partition coefficient (Wildman–Crippen LogP) is 4.11. The minimum atomic E-state index is 0.281. The Balaban J connectivity index is 1.57. The van der Waals surface area contributed by atoms with Gasteiger partial charge in [0.25, 0.3) is 0 Å². The first-order chi connectivity index (χ1) is 11.3. The van der Waals surface area contributed by atoms with E-state index in [1.54, 1.807) is 6.33 Å². The van der Waals surface area contributed by atoms with Gasteiger partial charge in [-0.3, -0.25) is 4.79 Å². The summed E-state index contributed by atoms with van der Waals surface area (Å²) in [6.07, 6.45) is 14.6. The molecule has 1 saturated carbocycles. The standard InChI is InChI=1S/C19H31N3O/c1-2-6-17(15-7-4-3-5-8-15)19(23)22-11-9-16(10-12-22)18-13-20-14-21-18/h13-17H,2-12H2,1H3,(H,20,21). The quantitative estimate of drug-likeness (QED) is 0.888. The summed E-state index contributed by atoms with van der Waals surface area (Å²) in [6, 6.07) is 0. The van der Waals surface area contributed by atoms with E-state index in [1.165, 1.54) is 37.8 Å². The first-order valence-electron chi connectivity index (χ1n) is 9.56. The molecule has 0 bridgehead atoms. The summed E-state index contributed by atoms with van der Waals surface area (Å²) < 4.78 is 0. The summed E-state index contributed by atoms with van der Waals surface area (Å²) in [4.78, 5) is 22.6. The smallest absolute Gasteiger partial charge is 0.225 e. The third-order valence-electron chi connectivity index (χ3n) is 5.90. The summed E-state index contributed by atoms with van der Waals surface area (Å²) in [5.74, 6) is 1.91. The fraction of sp³-hybridized carbons (Fsp3) is 0.789. The zero-order valence-electron chi connectivity index (χ0n) is 14.5. The van der Waals surface area contributed by atoms with E-state index in [9.17, 15) is 4.79 Å². The maximum Gasteiger partial charge on any atom is 0.225 e. The molecular weight excluding hydrogens is 286 g/mol. The van der Waals surface area contributed by atoms with Gasteiger partial charge in [-0.15, -0.1) is 0 Å². The number of likely N-dealkylation sites (tertiary alicyclic amines) is 1. The van der Waals surface area contributed by atoms with Crippen molar-refractivity contribution in [1.29, 1.82) is 0 Å². The van der Waals surface area contributed by atoms with Gasteiger partial charge in [0.2, 0.25) is 5.91 Å². The lowest BCUT2D eigenvalue weighted by atomic mass is 9.77. The third-order valence-corrected chi connectivity index (χ3v) is 5.90. The average Bonchev–Trinajstić information content (AvgIpc) is 3.15. The number of H-pyrrole nitrogens is 1. The van der Waals surface area contributed by atoms with Crippen LogP contribution in [0.25, 0.3) is 0 Å². The van der Waals surface area contributed by atoms with Crippen LogP contribution < -0.4 is 0 Å². The number of nitrogens with zero attached hydrogens (tertiary/aromatic N) is 2. The van der Waals surface area contributed by atoms with Gasteiger partial charge in [-0.05, 0) is 38.0 Å². The highest BCUT2D eigenvalue weighted by molar-refractivity contribution is 5.79. The zero-order valence-corrected chi connectivity index (χ0v) is 14.5. The number of hydrogen-bond acceptors (Lipinski definition) is 2. The Hall–Kier alpha value is -1.32. The second-order valence-electron chi connectivity index (χ2n) is 7.40. The summed E-state index contributed by atoms with van der Waals surface area (Å²) in [6.45, 7) is 4.04. The van der Waals surface area contributed by atoms with Gasteiger partial charge in [-0.1, -0.05) is 32.6 Å². The third kappa shape index (κ3) is 3.96. The topological polar surface area (TPSA) is 49.0 Å². The lowest BCUT2D eigenvalue weighted by Gasteiger charge is -2.37. The number of hydrogen-bond donors (Lipinski definition) is 1. The number of rotatable bonds is 5. The monoisotopic (exact) mass is 317 g/mol. The molecule has 128 valence electrons. The van der Waals surface area contributed by atoms with Crippen LogP contribution >= 0.6 is 0 Å². The highest BCUT2D eigenvalue weighted by Crippen LogP contribution is 2.35. The summed E-state index contributed by atoms with van der Waals surface area (Å²) in [7, 11) is 0. The molecular formula is C19H31N3O. The molecule has 2 aliphatic rings. The van der Waals surface area contributed by atoms with Crippen molar-refractivity contribution in [3.05, 3.63) is 18.2 Å². The number of nitrogens with one attached hydrogen (secondary N) is 1. The van der Waals surface area contributed by atoms with E-state index < -0.39 is 0 Å². The largest absolute Gasteiger partial charge is 0.348 e. The molecule has 4 heteroatoms. The number of aromatic amines is 1. The fourth-order valence-electron chi connectivity index (χ4n) is 4.54. The molecule has 0 aromatic carbocycles. The van der Waals surface area contributed by atoms with E-state index in [0.29, 0.717) is 17.7 Å². The molecule has 2 heterocycles. The Morgan fingerprint density at radius 1 is 1.26 bits per heavy atom. The molecule has 2 fully saturated rings. The number of amides is 1. The van der Waals surface area contributed by atoms with Gasteiger partial charge in [0, 0.05) is 36.8 Å². The van der Waals surface area contributed by atoms with E-state index in [1.807, 2.05) is 6.20 Å². The minimum absolute atomic E-state index is 0.281. The SMILES string of the molecule is CCCC(C(=O)N1CCC(c2cnc[nH]2)CC1)C1CCCCC1. The molecule has 1 aliphatic carbocycles. The molecule has 0 spiro atoms. The van der Waals surface area contributed by atoms with Crippen LogP contribution in [0.5, 0.6) is 0 Å². The van der Waals surface area contributed by atoms with E-state index in [-0.39, 0.29) is 5.92 Å². The lowest BCUT2D eigenvalue weighted by Crippen LogP contribution is -2.43. The van der Waals surface area contributed by atoms with Gasteiger partial charge in [0.05, 0.1) is 6.33 Å². The van der Waals surface area contributed by atoms with Crippen LogP contribution in [0.2, 0.25) is 0 Å². The van der Waals surface area contributed by atoms with Crippen molar-refractivity contribution in [2.24, 2.45) is 11.8 Å². The van der Waals surface area contributed by atoms with Crippen molar-refractivity contribution in [1.82, 2.24) is 14.9 Å². The van der Waals surface area contributed by atoms with Crippen LogP contribution in [0.4, 0.5) is 0 Å². The normalized spacial score (nSPS) is 22.2. The minimum Gasteiger partial charge on any atom is -0.348 e. The number of piperidine rings is 1. The number of aromatic nitrogens is 2. The summed E-state index contributed by atoms with van der Waals surface area (Å²) in [5, 5.41) is 0. The van der Waals surface area contributed by atoms with Gasteiger partial charge in [0.15, 0.2) is 0 Å². The molecule has 1 aromatic heterocycles. The Bertz CT molecular complexity index is 471. The van der Waals surface area contributed by atoms with E-state index in [0.717, 1.165) is 38.8 Å². The van der Waals surface area contributed by atoms with Crippen LogP contribution in [0.3, 0.4) is 0 Å². The maximum atomic E-state index is 13.1. The van der Waals surface area contributed by atoms with E-state index in [4.69, 9.17) is 0 Å². The molecule has 3 rings (SSSR count). The van der Waals surface area contributed by atoms with Crippen LogP contribution in [0.1, 0.15) is 76.3 Å². The molecule has 1 unspecified atom stereocenters. The highest BCUT2D eigenvalue weighted by atomic mass is 16.2. The van der Waals surface area contributed by atoms with Crippen molar-refractivity contribution >= 4 is 5.91 Å². The number of carbonyl (C=O) groups is 1. The average molecular weight is 317 g/mol. The summed E-state index contributed by atoms with van der Waals surface area (Å²) >= 11 is 0. The molecule has 1 atom stereocenters. The van der Waals surface area contributed by atoms with Gasteiger partial charge >= 0.3 is 0 Å². The fourth-order valence-corrected chi connectivity index (χ4v) is 4.54. The van der Waals surface area contributed by atoms with Crippen LogP contribution in [-0.2, 0) is 4.79 Å². The lowest BCUT2D eigenvalue weighted by molar-refractivity contribution is -0.139. The number of imidazole rings is 1. The maximum absolute atomic E-state index is 13.1. The first kappa shape index (κ1) is 16.5. The summed E-state index contributed by atoms with van der Waals surface area (Å²) in [5.41, 5.74) is 1.23. The molecule has 1 amide bonds. The van der Waals surface area contributed by atoms with Crippen LogP contribution in [-0.4, -0.2) is 33.9 Å². The van der Waals surface area contributed by atoms with Gasteiger partial charge < -0.3 is 9.88 Å². The molecule has 1 aliphatic heterocycles. The Morgan fingerprint density at radius 2 is 2.00 bits per heavy atom. The van der Waals surface area contributed by atoms with Crippen molar-refractivity contribution in [2.45, 2.75) is 70.6 Å².